The van der Waals surface area contributed by atoms with Gasteiger partial charge in [-0.15, -0.1) is 0 Å². The summed E-state index contributed by atoms with van der Waals surface area (Å²) in [5.41, 5.74) is -0.191. The minimum atomic E-state index is -0.432. The van der Waals surface area contributed by atoms with Gasteiger partial charge in [0.15, 0.2) is 0 Å². The Morgan fingerprint density at radius 3 is 2.71 bits per heavy atom. The average molecular weight is 293 g/mol. The minimum absolute atomic E-state index is 0.0659. The van der Waals surface area contributed by atoms with Crippen LogP contribution in [0.4, 0.5) is 17.5 Å². The van der Waals surface area contributed by atoms with Crippen molar-refractivity contribution >= 4 is 17.5 Å². The molecule has 1 fully saturated rings. The number of nitro groups is 1. The fourth-order valence-corrected chi connectivity index (χ4v) is 2.67. The summed E-state index contributed by atoms with van der Waals surface area (Å²) in [6, 6.07) is 0. The van der Waals surface area contributed by atoms with Gasteiger partial charge in [0.25, 0.3) is 0 Å². The molecule has 0 amide bonds. The van der Waals surface area contributed by atoms with E-state index in [4.69, 9.17) is 0 Å². The van der Waals surface area contributed by atoms with Gasteiger partial charge in [-0.05, 0) is 26.2 Å². The van der Waals surface area contributed by atoms with Gasteiger partial charge in [0.05, 0.1) is 4.92 Å². The Balaban J connectivity index is 2.23. The fraction of sp³-hybridized carbons (Fsp3) is 0.714. The molecule has 1 aliphatic rings. The molecule has 1 saturated carbocycles. The molecule has 0 radical (unpaired) electrons. The number of anilines is 2. The normalized spacial score (nSPS) is 17.2. The lowest BCUT2D eigenvalue weighted by molar-refractivity contribution is -0.384. The molecule has 2 rings (SSSR count). The second kappa shape index (κ2) is 6.69. The summed E-state index contributed by atoms with van der Waals surface area (Å²) in [6.07, 6.45) is 7.75. The highest BCUT2D eigenvalue weighted by Gasteiger charge is 2.30. The molecule has 0 unspecified atom stereocenters. The monoisotopic (exact) mass is 293 g/mol. The first-order chi connectivity index (χ1) is 10.0. The number of nitrogens with one attached hydrogen (secondary N) is 2. The maximum absolute atomic E-state index is 11.2. The number of hydrogen-bond donors (Lipinski definition) is 2. The maximum Gasteiger partial charge on any atom is 0.329 e. The fourth-order valence-electron chi connectivity index (χ4n) is 2.67. The predicted molar refractivity (Wildman–Crippen MR) is 82.6 cm³/mol. The lowest BCUT2D eigenvalue weighted by Gasteiger charge is -2.34. The molecule has 7 heteroatoms. The average Bonchev–Trinajstić information content (AvgIpc) is 2.45. The van der Waals surface area contributed by atoms with Crippen LogP contribution in [0.25, 0.3) is 0 Å². The number of hydrogen-bond acceptors (Lipinski definition) is 6. The zero-order chi connectivity index (χ0) is 15.3. The highest BCUT2D eigenvalue weighted by molar-refractivity contribution is 5.58. The zero-order valence-electron chi connectivity index (χ0n) is 12.7. The summed E-state index contributed by atoms with van der Waals surface area (Å²) in [4.78, 5) is 19.0. The number of rotatable bonds is 6. The standard InChI is InChI=1S/C14H23N5O2/c1-3-9-15-13-16-10-11(19(20)21)12(17-13)18-14(2)7-5-4-6-8-14/h10H,3-9H2,1-2H3,(H2,15,16,17,18). The third kappa shape index (κ3) is 4.03. The van der Waals surface area contributed by atoms with Crippen molar-refractivity contribution in [1.82, 2.24) is 9.97 Å². The second-order valence-corrected chi connectivity index (χ2v) is 5.86. The van der Waals surface area contributed by atoms with Crippen molar-refractivity contribution in [1.29, 1.82) is 0 Å². The molecule has 1 aromatic rings. The van der Waals surface area contributed by atoms with Gasteiger partial charge in [-0.1, -0.05) is 26.2 Å². The van der Waals surface area contributed by atoms with Crippen molar-refractivity contribution in [3.05, 3.63) is 16.3 Å². The van der Waals surface area contributed by atoms with Gasteiger partial charge in [0, 0.05) is 12.1 Å². The van der Waals surface area contributed by atoms with E-state index in [-0.39, 0.29) is 11.2 Å². The van der Waals surface area contributed by atoms with Crippen molar-refractivity contribution in [2.75, 3.05) is 17.2 Å². The molecule has 2 N–H and O–H groups in total. The Morgan fingerprint density at radius 1 is 1.38 bits per heavy atom. The Labute approximate surface area is 124 Å². The SMILES string of the molecule is CCCNc1ncc([N+](=O)[O-])c(NC2(C)CCCCC2)n1. The lowest BCUT2D eigenvalue weighted by Crippen LogP contribution is -2.37. The van der Waals surface area contributed by atoms with Gasteiger partial charge in [0.2, 0.25) is 11.8 Å². The highest BCUT2D eigenvalue weighted by atomic mass is 16.6. The molecular formula is C14H23N5O2. The smallest absolute Gasteiger partial charge is 0.329 e. The molecule has 0 aromatic carbocycles. The first-order valence-electron chi connectivity index (χ1n) is 7.57. The van der Waals surface area contributed by atoms with Crippen molar-refractivity contribution in [3.8, 4) is 0 Å². The van der Waals surface area contributed by atoms with Crippen molar-refractivity contribution in [2.45, 2.75) is 57.9 Å². The van der Waals surface area contributed by atoms with E-state index >= 15 is 0 Å². The van der Waals surface area contributed by atoms with Gasteiger partial charge in [-0.25, -0.2) is 4.98 Å². The van der Waals surface area contributed by atoms with Crippen LogP contribution in [0.1, 0.15) is 52.4 Å². The van der Waals surface area contributed by atoms with E-state index in [1.54, 1.807) is 0 Å². The molecule has 0 saturated heterocycles. The zero-order valence-corrected chi connectivity index (χ0v) is 12.7. The third-order valence-electron chi connectivity index (χ3n) is 3.88. The summed E-state index contributed by atoms with van der Waals surface area (Å²) in [6.45, 7) is 4.90. The van der Waals surface area contributed by atoms with Crippen molar-refractivity contribution in [3.63, 3.8) is 0 Å². The first kappa shape index (κ1) is 15.5. The van der Waals surface area contributed by atoms with Crippen LogP contribution in [-0.4, -0.2) is 27.0 Å². The molecule has 7 nitrogen and oxygen atoms in total. The predicted octanol–water partition coefficient (Wildman–Crippen LogP) is 3.34. The lowest BCUT2D eigenvalue weighted by atomic mass is 9.83. The quantitative estimate of drug-likeness (QED) is 0.617. The molecule has 0 aliphatic heterocycles. The van der Waals surface area contributed by atoms with Crippen LogP contribution in [0.2, 0.25) is 0 Å². The Kier molecular flexibility index (Phi) is 4.93. The highest BCUT2D eigenvalue weighted by Crippen LogP contribution is 2.33. The number of aromatic nitrogens is 2. The van der Waals surface area contributed by atoms with Crippen LogP contribution >= 0.6 is 0 Å². The van der Waals surface area contributed by atoms with E-state index in [0.29, 0.717) is 11.8 Å². The van der Waals surface area contributed by atoms with Crippen molar-refractivity contribution < 1.29 is 4.92 Å². The van der Waals surface area contributed by atoms with Gasteiger partial charge < -0.3 is 10.6 Å². The molecule has 1 aromatic heterocycles. The van der Waals surface area contributed by atoms with Crippen LogP contribution < -0.4 is 10.6 Å². The Morgan fingerprint density at radius 2 is 2.10 bits per heavy atom. The molecule has 0 atom stereocenters. The largest absolute Gasteiger partial charge is 0.359 e. The van der Waals surface area contributed by atoms with E-state index in [2.05, 4.69) is 27.5 Å². The van der Waals surface area contributed by atoms with Gasteiger partial charge in [0.1, 0.15) is 6.20 Å². The second-order valence-electron chi connectivity index (χ2n) is 5.86. The Bertz CT molecular complexity index is 500. The van der Waals surface area contributed by atoms with Gasteiger partial charge in [-0.2, -0.15) is 4.98 Å². The molecule has 116 valence electrons. The third-order valence-corrected chi connectivity index (χ3v) is 3.88. The molecule has 1 heterocycles. The molecule has 0 bridgehead atoms. The molecule has 0 spiro atoms. The summed E-state index contributed by atoms with van der Waals surface area (Å²) in [7, 11) is 0. The van der Waals surface area contributed by atoms with E-state index in [9.17, 15) is 10.1 Å². The van der Waals surface area contributed by atoms with Crippen LogP contribution in [0.5, 0.6) is 0 Å². The van der Waals surface area contributed by atoms with Gasteiger partial charge >= 0.3 is 5.69 Å². The van der Waals surface area contributed by atoms with E-state index in [1.165, 1.54) is 12.6 Å². The summed E-state index contributed by atoms with van der Waals surface area (Å²) in [5.74, 6) is 0.752. The summed E-state index contributed by atoms with van der Waals surface area (Å²) < 4.78 is 0. The molecule has 21 heavy (non-hydrogen) atoms. The van der Waals surface area contributed by atoms with Crippen LogP contribution in [0, 0.1) is 10.1 Å². The van der Waals surface area contributed by atoms with Crippen LogP contribution in [0.3, 0.4) is 0 Å². The summed E-state index contributed by atoms with van der Waals surface area (Å²) >= 11 is 0. The van der Waals surface area contributed by atoms with Crippen molar-refractivity contribution in [2.24, 2.45) is 0 Å². The Hall–Kier alpha value is -1.92. The van der Waals surface area contributed by atoms with Gasteiger partial charge in [-0.3, -0.25) is 10.1 Å². The van der Waals surface area contributed by atoms with Crippen LogP contribution in [-0.2, 0) is 0 Å². The molecule has 1 aliphatic carbocycles. The van der Waals surface area contributed by atoms with Crippen LogP contribution in [0.15, 0.2) is 6.20 Å². The maximum atomic E-state index is 11.2. The van der Waals surface area contributed by atoms with E-state index < -0.39 is 4.92 Å². The van der Waals surface area contributed by atoms with E-state index in [1.807, 2.05) is 6.92 Å². The number of nitrogens with zero attached hydrogens (tertiary/aromatic N) is 3. The summed E-state index contributed by atoms with van der Waals surface area (Å²) in [5, 5.41) is 17.5. The topological polar surface area (TPSA) is 93.0 Å². The minimum Gasteiger partial charge on any atom is -0.359 e. The molecular weight excluding hydrogens is 270 g/mol. The first-order valence-corrected chi connectivity index (χ1v) is 7.57. The van der Waals surface area contributed by atoms with E-state index in [0.717, 1.165) is 38.6 Å².